The number of anilines is 1. The molecule has 0 spiro atoms. The zero-order valence-electron chi connectivity index (χ0n) is 12.6. The molecule has 3 rings (SSSR count). The Balaban J connectivity index is 1.99. The van der Waals surface area contributed by atoms with Crippen molar-refractivity contribution in [3.05, 3.63) is 34.2 Å². The van der Waals surface area contributed by atoms with Crippen molar-refractivity contribution in [2.75, 3.05) is 5.32 Å². The molecule has 2 heterocycles. The van der Waals surface area contributed by atoms with Crippen LogP contribution in [-0.2, 0) is 6.42 Å². The number of furan rings is 1. The van der Waals surface area contributed by atoms with Crippen LogP contribution in [0.25, 0.3) is 0 Å². The number of nitrogens with zero attached hydrogens (tertiary/aromatic N) is 2. The highest BCUT2D eigenvalue weighted by Crippen LogP contribution is 2.38. The van der Waals surface area contributed by atoms with Gasteiger partial charge >= 0.3 is 0 Å². The Morgan fingerprint density at radius 1 is 1.50 bits per heavy atom. The van der Waals surface area contributed by atoms with E-state index in [1.54, 1.807) is 11.6 Å². The number of oxime groups is 1. The number of aromatic nitrogens is 1. The SMILES string of the molecule is Cc1c(C(=O)Nc2nccs2)oc2c1C(=NO)CC(C)(C)C2. The van der Waals surface area contributed by atoms with Crippen LogP contribution in [0.3, 0.4) is 0 Å². The number of carbonyl (C=O) groups excluding carboxylic acids is 1. The summed E-state index contributed by atoms with van der Waals surface area (Å²) >= 11 is 1.34. The Morgan fingerprint density at radius 3 is 2.91 bits per heavy atom. The van der Waals surface area contributed by atoms with Gasteiger partial charge in [-0.1, -0.05) is 19.0 Å². The second-order valence-corrected chi connectivity index (χ2v) is 7.10. The molecule has 7 heteroatoms. The van der Waals surface area contributed by atoms with Gasteiger partial charge in [0.1, 0.15) is 5.76 Å². The molecule has 0 saturated heterocycles. The van der Waals surface area contributed by atoms with Crippen LogP contribution in [0.1, 0.15) is 47.7 Å². The van der Waals surface area contributed by atoms with Gasteiger partial charge in [0.2, 0.25) is 0 Å². The van der Waals surface area contributed by atoms with Gasteiger partial charge in [-0.25, -0.2) is 4.98 Å². The third-order valence-corrected chi connectivity index (χ3v) is 4.46. The van der Waals surface area contributed by atoms with Crippen molar-refractivity contribution in [1.29, 1.82) is 0 Å². The van der Waals surface area contributed by atoms with Crippen molar-refractivity contribution in [3.63, 3.8) is 0 Å². The fourth-order valence-corrected chi connectivity index (χ4v) is 3.38. The molecule has 0 saturated carbocycles. The van der Waals surface area contributed by atoms with Crippen LogP contribution in [0.2, 0.25) is 0 Å². The molecule has 6 nitrogen and oxygen atoms in total. The minimum absolute atomic E-state index is 0.0675. The van der Waals surface area contributed by atoms with E-state index in [2.05, 4.69) is 29.3 Å². The lowest BCUT2D eigenvalue weighted by Gasteiger charge is -2.28. The van der Waals surface area contributed by atoms with E-state index in [9.17, 15) is 10.0 Å². The van der Waals surface area contributed by atoms with Crippen LogP contribution in [0.15, 0.2) is 21.1 Å². The summed E-state index contributed by atoms with van der Waals surface area (Å²) in [5, 5.41) is 17.7. The molecule has 0 aliphatic heterocycles. The van der Waals surface area contributed by atoms with Crippen molar-refractivity contribution in [1.82, 2.24) is 4.98 Å². The Kier molecular flexibility index (Phi) is 3.52. The van der Waals surface area contributed by atoms with Gasteiger partial charge in [-0.15, -0.1) is 11.3 Å². The molecule has 0 atom stereocenters. The summed E-state index contributed by atoms with van der Waals surface area (Å²) in [6, 6.07) is 0. The molecule has 2 aromatic rings. The quantitative estimate of drug-likeness (QED) is 0.655. The Morgan fingerprint density at radius 2 is 2.27 bits per heavy atom. The molecule has 116 valence electrons. The van der Waals surface area contributed by atoms with E-state index >= 15 is 0 Å². The first-order chi connectivity index (χ1) is 10.4. The van der Waals surface area contributed by atoms with Crippen LogP contribution in [0, 0.1) is 12.3 Å². The molecule has 2 N–H and O–H groups in total. The van der Waals surface area contributed by atoms with Gasteiger partial charge in [-0.05, 0) is 18.8 Å². The molecule has 0 fully saturated rings. The van der Waals surface area contributed by atoms with Crippen LogP contribution in [0.4, 0.5) is 5.13 Å². The van der Waals surface area contributed by atoms with Gasteiger partial charge in [0.25, 0.3) is 5.91 Å². The number of carbonyl (C=O) groups is 1. The normalized spacial score (nSPS) is 18.2. The molecular formula is C15H17N3O3S. The molecule has 0 aromatic carbocycles. The van der Waals surface area contributed by atoms with Gasteiger partial charge in [-0.2, -0.15) is 0 Å². The van der Waals surface area contributed by atoms with Crippen molar-refractivity contribution in [2.24, 2.45) is 10.6 Å². The number of hydrogen-bond acceptors (Lipinski definition) is 6. The number of nitrogens with one attached hydrogen (secondary N) is 1. The first kappa shape index (κ1) is 14.8. The first-order valence-corrected chi connectivity index (χ1v) is 7.83. The monoisotopic (exact) mass is 319 g/mol. The highest BCUT2D eigenvalue weighted by atomic mass is 32.1. The fraction of sp³-hybridized carbons (Fsp3) is 0.400. The highest BCUT2D eigenvalue weighted by Gasteiger charge is 2.36. The smallest absolute Gasteiger partial charge is 0.293 e. The number of thiazole rings is 1. The second kappa shape index (κ2) is 5.24. The van der Waals surface area contributed by atoms with Crippen molar-refractivity contribution >= 4 is 28.1 Å². The summed E-state index contributed by atoms with van der Waals surface area (Å²) in [5.74, 6) is 0.613. The predicted molar refractivity (Wildman–Crippen MR) is 83.9 cm³/mol. The molecule has 0 unspecified atom stereocenters. The van der Waals surface area contributed by atoms with Crippen LogP contribution in [0.5, 0.6) is 0 Å². The Bertz CT molecular complexity index is 744. The molecule has 2 aromatic heterocycles. The van der Waals surface area contributed by atoms with E-state index in [4.69, 9.17) is 4.42 Å². The van der Waals surface area contributed by atoms with E-state index < -0.39 is 0 Å². The van der Waals surface area contributed by atoms with Gasteiger partial charge in [0.05, 0.1) is 5.71 Å². The Labute approximate surface area is 131 Å². The van der Waals surface area contributed by atoms with Gasteiger partial charge in [0, 0.05) is 29.1 Å². The average molecular weight is 319 g/mol. The van der Waals surface area contributed by atoms with E-state index in [-0.39, 0.29) is 17.1 Å². The predicted octanol–water partition coefficient (Wildman–Crippen LogP) is 3.45. The minimum atomic E-state index is -0.336. The van der Waals surface area contributed by atoms with Crippen molar-refractivity contribution in [3.8, 4) is 0 Å². The van der Waals surface area contributed by atoms with E-state index in [1.807, 2.05) is 6.92 Å². The maximum Gasteiger partial charge on any atom is 0.293 e. The summed E-state index contributed by atoms with van der Waals surface area (Å²) in [7, 11) is 0. The number of amides is 1. The molecule has 1 amide bonds. The second-order valence-electron chi connectivity index (χ2n) is 6.21. The van der Waals surface area contributed by atoms with Crippen LogP contribution >= 0.6 is 11.3 Å². The van der Waals surface area contributed by atoms with Crippen LogP contribution in [-0.4, -0.2) is 21.8 Å². The summed E-state index contributed by atoms with van der Waals surface area (Å²) in [5.41, 5.74) is 1.96. The van der Waals surface area contributed by atoms with Gasteiger partial charge in [-0.3, -0.25) is 10.1 Å². The topological polar surface area (TPSA) is 87.7 Å². The third kappa shape index (κ3) is 2.52. The zero-order valence-corrected chi connectivity index (χ0v) is 13.5. The lowest BCUT2D eigenvalue weighted by Crippen LogP contribution is -2.27. The van der Waals surface area contributed by atoms with E-state index in [0.29, 0.717) is 35.0 Å². The average Bonchev–Trinajstić information content (AvgIpc) is 3.05. The third-order valence-electron chi connectivity index (χ3n) is 3.77. The lowest BCUT2D eigenvalue weighted by molar-refractivity contribution is 0.0993. The molecular weight excluding hydrogens is 302 g/mol. The minimum Gasteiger partial charge on any atom is -0.455 e. The standard InChI is InChI=1S/C15H17N3O3S/c1-8-11-9(18-20)6-15(2,3)7-10(11)21-12(8)13(19)17-14-16-4-5-22-14/h4-5,20H,6-7H2,1-3H3,(H,16,17,19). The molecule has 1 aliphatic carbocycles. The van der Waals surface area contributed by atoms with Gasteiger partial charge in [0.15, 0.2) is 10.9 Å². The number of fused-ring (bicyclic) bond motifs is 1. The maximum absolute atomic E-state index is 12.4. The molecule has 0 bridgehead atoms. The van der Waals surface area contributed by atoms with E-state index in [1.165, 1.54) is 11.3 Å². The van der Waals surface area contributed by atoms with Crippen molar-refractivity contribution < 1.29 is 14.4 Å². The highest BCUT2D eigenvalue weighted by molar-refractivity contribution is 7.13. The molecule has 0 radical (unpaired) electrons. The van der Waals surface area contributed by atoms with Gasteiger partial charge < -0.3 is 9.62 Å². The summed E-state index contributed by atoms with van der Waals surface area (Å²) < 4.78 is 5.79. The fourth-order valence-electron chi connectivity index (χ4n) is 2.86. The summed E-state index contributed by atoms with van der Waals surface area (Å²) in [6.45, 7) is 5.96. The zero-order chi connectivity index (χ0) is 15.9. The Hall–Kier alpha value is -2.15. The van der Waals surface area contributed by atoms with Crippen molar-refractivity contribution in [2.45, 2.75) is 33.6 Å². The lowest BCUT2D eigenvalue weighted by atomic mass is 9.75. The van der Waals surface area contributed by atoms with E-state index in [0.717, 1.165) is 5.56 Å². The molecule has 22 heavy (non-hydrogen) atoms. The summed E-state index contributed by atoms with van der Waals surface area (Å²) in [6.07, 6.45) is 2.97. The molecule has 1 aliphatic rings. The largest absolute Gasteiger partial charge is 0.455 e. The number of hydrogen-bond donors (Lipinski definition) is 2. The van der Waals surface area contributed by atoms with Crippen LogP contribution < -0.4 is 5.32 Å². The maximum atomic E-state index is 12.4. The summed E-state index contributed by atoms with van der Waals surface area (Å²) in [4.78, 5) is 16.4. The first-order valence-electron chi connectivity index (χ1n) is 6.96. The number of rotatable bonds is 2.